The van der Waals surface area contributed by atoms with E-state index in [0.717, 1.165) is 29.7 Å². The molecule has 0 spiro atoms. The van der Waals surface area contributed by atoms with Gasteiger partial charge >= 0.3 is 0 Å². The van der Waals surface area contributed by atoms with Crippen LogP contribution >= 0.6 is 24.8 Å². The molecular weight excluding hydrogens is 523 g/mol. The number of nitrogens with zero attached hydrogens (tertiary/aromatic N) is 2. The molecule has 0 aromatic heterocycles. The third kappa shape index (κ3) is 14.0. The van der Waals surface area contributed by atoms with E-state index >= 15 is 0 Å². The quantitative estimate of drug-likeness (QED) is 0.256. The van der Waals surface area contributed by atoms with Gasteiger partial charge in [-0.1, -0.05) is 65.2 Å². The van der Waals surface area contributed by atoms with Gasteiger partial charge in [0.05, 0.1) is 0 Å². The topological polar surface area (TPSA) is 44.5 Å². The Bertz CT molecular complexity index is 580. The highest BCUT2D eigenvalue weighted by Gasteiger charge is 2.28. The summed E-state index contributed by atoms with van der Waals surface area (Å²) in [6.07, 6.45) is 25.4. The molecule has 4 fully saturated rings. The van der Waals surface area contributed by atoms with Crippen LogP contribution in [0.5, 0.6) is 0 Å². The lowest BCUT2D eigenvalue weighted by Crippen LogP contribution is -2.45. The van der Waals surface area contributed by atoms with Crippen LogP contribution in [0.4, 0.5) is 0 Å². The van der Waals surface area contributed by atoms with Gasteiger partial charge in [0.25, 0.3) is 0 Å². The van der Waals surface area contributed by atoms with Crippen molar-refractivity contribution in [1.82, 2.24) is 15.1 Å². The van der Waals surface area contributed by atoms with Gasteiger partial charge in [-0.25, -0.2) is 0 Å². The molecule has 0 aromatic rings. The molecule has 3 N–H and O–H groups in total. The second-order valence-electron chi connectivity index (χ2n) is 13.5. The van der Waals surface area contributed by atoms with Crippen molar-refractivity contribution in [3.05, 3.63) is 0 Å². The number of likely N-dealkylation sites (tertiary alicyclic amines) is 2. The van der Waals surface area contributed by atoms with Crippen LogP contribution in [0, 0.1) is 23.7 Å². The number of unbranched alkanes of at least 4 members (excludes halogenated alkanes) is 2. The highest BCUT2D eigenvalue weighted by Crippen LogP contribution is 2.29. The number of rotatable bonds is 11. The summed E-state index contributed by atoms with van der Waals surface area (Å²) in [5.41, 5.74) is 6.28. The molecule has 4 nitrogen and oxygen atoms in total. The van der Waals surface area contributed by atoms with Crippen molar-refractivity contribution < 1.29 is 0 Å². The average Bonchev–Trinajstić information content (AvgIpc) is 2.93. The number of hydrogen-bond acceptors (Lipinski definition) is 4. The predicted octanol–water partition coefficient (Wildman–Crippen LogP) is 7.92. The molecule has 4 aliphatic rings. The largest absolute Gasteiger partial charge is 0.327 e. The van der Waals surface area contributed by atoms with Crippen molar-refractivity contribution in [2.45, 2.75) is 142 Å². The van der Waals surface area contributed by atoms with E-state index in [0.29, 0.717) is 6.04 Å². The Hall–Kier alpha value is 0.420. The van der Waals surface area contributed by atoms with Crippen LogP contribution in [-0.2, 0) is 0 Å². The van der Waals surface area contributed by atoms with Crippen LogP contribution in [0.2, 0.25) is 0 Å². The van der Waals surface area contributed by atoms with Gasteiger partial charge in [0.2, 0.25) is 0 Å². The molecule has 0 amide bonds. The van der Waals surface area contributed by atoms with Crippen LogP contribution in [0.25, 0.3) is 0 Å². The normalized spacial score (nSPS) is 32.3. The predicted molar refractivity (Wildman–Crippen MR) is 177 cm³/mol. The molecule has 0 aromatic carbocycles. The Kier molecular flexibility index (Phi) is 21.1. The average molecular weight is 592 g/mol. The zero-order chi connectivity index (χ0) is 26.3. The van der Waals surface area contributed by atoms with Crippen molar-refractivity contribution in [2.75, 3.05) is 46.3 Å². The van der Waals surface area contributed by atoms with Crippen LogP contribution in [0.1, 0.15) is 129 Å². The third-order valence-electron chi connectivity index (χ3n) is 10.4. The van der Waals surface area contributed by atoms with Crippen molar-refractivity contribution >= 4 is 24.8 Å². The Morgan fingerprint density at radius 3 is 1.64 bits per heavy atom. The number of nitrogens with two attached hydrogens (primary N) is 1. The molecule has 2 saturated carbocycles. The SMILES string of the molecule is CCCCC1CCCN(C[C@H]2CCCC[C@H]2N)C1.CCCCC1CCCN(C[C@H]2CCCC[C@H]2NC)C1.Cl.Cl. The summed E-state index contributed by atoms with van der Waals surface area (Å²) < 4.78 is 0. The summed E-state index contributed by atoms with van der Waals surface area (Å²) in [7, 11) is 2.16. The molecule has 2 heterocycles. The monoisotopic (exact) mass is 590 g/mol. The summed E-state index contributed by atoms with van der Waals surface area (Å²) in [5, 5.41) is 3.56. The molecule has 2 saturated heterocycles. The van der Waals surface area contributed by atoms with Gasteiger partial charge < -0.3 is 20.9 Å². The fraction of sp³-hybridized carbons (Fsp3) is 1.00. The zero-order valence-electron chi connectivity index (χ0n) is 26.2. The van der Waals surface area contributed by atoms with E-state index in [2.05, 4.69) is 36.0 Å². The highest BCUT2D eigenvalue weighted by molar-refractivity contribution is 5.85. The summed E-state index contributed by atoms with van der Waals surface area (Å²) in [6.45, 7) is 12.7. The van der Waals surface area contributed by atoms with E-state index in [9.17, 15) is 0 Å². The number of nitrogens with one attached hydrogen (secondary N) is 1. The van der Waals surface area contributed by atoms with Gasteiger partial charge in [-0.15, -0.1) is 24.8 Å². The lowest BCUT2D eigenvalue weighted by atomic mass is 9.83. The summed E-state index contributed by atoms with van der Waals surface area (Å²) in [6, 6.07) is 1.26. The summed E-state index contributed by atoms with van der Waals surface area (Å²) in [5.74, 6) is 3.65. The molecular formula is C33H68Cl2N4. The minimum Gasteiger partial charge on any atom is -0.327 e. The second-order valence-corrected chi connectivity index (χ2v) is 13.5. The minimum atomic E-state index is 0. The Morgan fingerprint density at radius 2 is 1.13 bits per heavy atom. The molecule has 2 aliphatic heterocycles. The summed E-state index contributed by atoms with van der Waals surface area (Å²) >= 11 is 0. The first-order valence-corrected chi connectivity index (χ1v) is 17.0. The fourth-order valence-electron chi connectivity index (χ4n) is 8.02. The van der Waals surface area contributed by atoms with Gasteiger partial charge in [0.1, 0.15) is 0 Å². The smallest absolute Gasteiger partial charge is 0.0104 e. The molecule has 6 atom stereocenters. The number of halogens is 2. The van der Waals surface area contributed by atoms with E-state index in [4.69, 9.17) is 5.73 Å². The Morgan fingerprint density at radius 1 is 0.641 bits per heavy atom. The van der Waals surface area contributed by atoms with Crippen LogP contribution in [-0.4, -0.2) is 68.2 Å². The van der Waals surface area contributed by atoms with Gasteiger partial charge in [-0.3, -0.25) is 0 Å². The minimum absolute atomic E-state index is 0. The first-order chi connectivity index (χ1) is 18.1. The van der Waals surface area contributed by atoms with Crippen LogP contribution in [0.15, 0.2) is 0 Å². The zero-order valence-corrected chi connectivity index (χ0v) is 27.9. The van der Waals surface area contributed by atoms with E-state index in [1.54, 1.807) is 0 Å². The Labute approximate surface area is 256 Å². The van der Waals surface area contributed by atoms with Gasteiger partial charge in [0, 0.05) is 38.3 Å². The molecule has 39 heavy (non-hydrogen) atoms. The second kappa shape index (κ2) is 22.0. The molecule has 4 rings (SSSR count). The lowest BCUT2D eigenvalue weighted by Gasteiger charge is -2.39. The van der Waals surface area contributed by atoms with Crippen LogP contribution in [0.3, 0.4) is 0 Å². The van der Waals surface area contributed by atoms with Gasteiger partial charge in [0.15, 0.2) is 0 Å². The van der Waals surface area contributed by atoms with Crippen molar-refractivity contribution in [3.8, 4) is 0 Å². The van der Waals surface area contributed by atoms with Crippen molar-refractivity contribution in [2.24, 2.45) is 29.4 Å². The van der Waals surface area contributed by atoms with Gasteiger partial charge in [-0.05, 0) is 108 Å². The molecule has 6 heteroatoms. The lowest BCUT2D eigenvalue weighted by molar-refractivity contribution is 0.119. The first kappa shape index (κ1) is 37.4. The van der Waals surface area contributed by atoms with Crippen molar-refractivity contribution in [3.63, 3.8) is 0 Å². The molecule has 0 bridgehead atoms. The van der Waals surface area contributed by atoms with E-state index < -0.39 is 0 Å². The molecule has 234 valence electrons. The molecule has 2 aliphatic carbocycles. The van der Waals surface area contributed by atoms with Gasteiger partial charge in [-0.2, -0.15) is 0 Å². The van der Waals surface area contributed by atoms with E-state index in [1.807, 2.05) is 0 Å². The maximum absolute atomic E-state index is 6.28. The highest BCUT2D eigenvalue weighted by atomic mass is 35.5. The van der Waals surface area contributed by atoms with E-state index in [-0.39, 0.29) is 24.8 Å². The fourth-order valence-corrected chi connectivity index (χ4v) is 8.02. The molecule has 0 radical (unpaired) electrons. The maximum Gasteiger partial charge on any atom is 0.0104 e. The molecule has 2 unspecified atom stereocenters. The third-order valence-corrected chi connectivity index (χ3v) is 10.4. The van der Waals surface area contributed by atoms with Crippen molar-refractivity contribution in [1.29, 1.82) is 0 Å². The Balaban J connectivity index is 0.000000371. The standard InChI is InChI=1S/C17H34N2.C16H32N2.2ClH/c1-3-4-8-15-9-7-12-19(13-15)14-16-10-5-6-11-17(16)18-2;1-2-3-7-14-8-6-11-18(12-14)13-15-9-4-5-10-16(15)17;;/h15-18H,3-14H2,1-2H3;14-16H,2-13,17H2,1H3;2*1H/t15?,16-,17-;14?,15-,16-;;/m11../s1. The summed E-state index contributed by atoms with van der Waals surface area (Å²) in [4.78, 5) is 5.50. The number of piperidine rings is 2. The maximum atomic E-state index is 6.28. The van der Waals surface area contributed by atoms with Crippen LogP contribution < -0.4 is 11.1 Å². The first-order valence-electron chi connectivity index (χ1n) is 17.0. The number of hydrogen-bond donors (Lipinski definition) is 2. The van der Waals surface area contributed by atoms with E-state index in [1.165, 1.54) is 155 Å².